The van der Waals surface area contributed by atoms with E-state index in [0.717, 1.165) is 17.8 Å². The van der Waals surface area contributed by atoms with Gasteiger partial charge in [0.05, 0.1) is 5.41 Å². The normalized spacial score (nSPS) is 16.8. The second kappa shape index (κ2) is 13.0. The van der Waals surface area contributed by atoms with Crippen molar-refractivity contribution < 1.29 is 0 Å². The molecule has 0 aliphatic heterocycles. The van der Waals surface area contributed by atoms with Crippen LogP contribution >= 0.6 is 0 Å². The maximum Gasteiger partial charge on any atom is 0.0691 e. The van der Waals surface area contributed by atoms with Gasteiger partial charge in [-0.3, -0.25) is 0 Å². The zero-order valence-corrected chi connectivity index (χ0v) is 34.3. The van der Waals surface area contributed by atoms with E-state index in [-0.39, 0.29) is 5.41 Å². The van der Waals surface area contributed by atoms with E-state index >= 15 is 0 Å². The van der Waals surface area contributed by atoms with Crippen molar-refractivity contribution in [3.63, 3.8) is 0 Å². The minimum Gasteiger partial charge on any atom is -0.310 e. The first-order valence-electron chi connectivity index (χ1n) is 21.5. The molecule has 0 saturated heterocycles. The Morgan fingerprint density at radius 2 is 0.933 bits per heavy atom. The van der Waals surface area contributed by atoms with E-state index < -0.39 is 5.41 Å². The van der Waals surface area contributed by atoms with E-state index in [2.05, 4.69) is 226 Å². The maximum absolute atomic E-state index is 2.45. The first kappa shape index (κ1) is 35.0. The van der Waals surface area contributed by atoms with E-state index in [4.69, 9.17) is 0 Å². The number of anilines is 3. The molecule has 12 rings (SSSR count). The zero-order valence-electron chi connectivity index (χ0n) is 34.3. The first-order chi connectivity index (χ1) is 29.5. The Labute approximate surface area is 353 Å². The van der Waals surface area contributed by atoms with Crippen LogP contribution < -0.4 is 4.90 Å². The van der Waals surface area contributed by atoms with Crippen molar-refractivity contribution in [1.29, 1.82) is 0 Å². The van der Waals surface area contributed by atoms with Crippen LogP contribution in [0.25, 0.3) is 50.1 Å². The van der Waals surface area contributed by atoms with Crippen LogP contribution in [0.2, 0.25) is 0 Å². The Morgan fingerprint density at radius 3 is 1.60 bits per heavy atom. The molecule has 1 heteroatoms. The SMILES string of the molecule is CC1CC=CC2=C1C1(c3ccccc3-c3ccccc3-c3ccccc31)c1cccc(-c3ccc(N(c4ccccc4)c4ccc5c(c4)C(C)(C)c4ccccc4-5)cc3)c12. The van der Waals surface area contributed by atoms with Crippen molar-refractivity contribution in [2.24, 2.45) is 5.92 Å². The lowest BCUT2D eigenvalue weighted by Gasteiger charge is -2.40. The van der Waals surface area contributed by atoms with Gasteiger partial charge in [-0.05, 0) is 138 Å². The molecular weight excluding hydrogens is 723 g/mol. The van der Waals surface area contributed by atoms with Crippen LogP contribution in [0.4, 0.5) is 17.1 Å². The van der Waals surface area contributed by atoms with Crippen molar-refractivity contribution in [1.82, 2.24) is 0 Å². The van der Waals surface area contributed by atoms with Gasteiger partial charge < -0.3 is 4.90 Å². The van der Waals surface area contributed by atoms with Crippen LogP contribution in [0, 0.1) is 5.92 Å². The molecule has 0 fully saturated rings. The maximum atomic E-state index is 2.45. The largest absolute Gasteiger partial charge is 0.310 e. The third kappa shape index (κ3) is 4.75. The van der Waals surface area contributed by atoms with Crippen LogP contribution in [0.5, 0.6) is 0 Å². The number of allylic oxidation sites excluding steroid dienone is 4. The minimum absolute atomic E-state index is 0.0844. The van der Waals surface area contributed by atoms with Gasteiger partial charge in [-0.2, -0.15) is 0 Å². The Hall–Kier alpha value is -6.96. The fourth-order valence-corrected chi connectivity index (χ4v) is 11.6. The average Bonchev–Trinajstić information content (AvgIpc) is 3.69. The molecule has 1 nitrogen and oxygen atoms in total. The molecule has 0 saturated carbocycles. The molecule has 4 aliphatic carbocycles. The zero-order chi connectivity index (χ0) is 40.2. The highest BCUT2D eigenvalue weighted by molar-refractivity contribution is 6.02. The molecule has 1 spiro atoms. The van der Waals surface area contributed by atoms with Gasteiger partial charge in [0.1, 0.15) is 0 Å². The van der Waals surface area contributed by atoms with Crippen LogP contribution in [0.3, 0.4) is 0 Å². The summed E-state index contributed by atoms with van der Waals surface area (Å²) in [6, 6.07) is 70.7. The summed E-state index contributed by atoms with van der Waals surface area (Å²) in [7, 11) is 0. The summed E-state index contributed by atoms with van der Waals surface area (Å²) in [4.78, 5) is 2.41. The lowest BCUT2D eigenvalue weighted by atomic mass is 9.62. The van der Waals surface area contributed by atoms with E-state index in [9.17, 15) is 0 Å². The van der Waals surface area contributed by atoms with Crippen LogP contribution in [0.15, 0.2) is 206 Å². The second-order valence-corrected chi connectivity index (χ2v) is 17.6. The van der Waals surface area contributed by atoms with Crippen molar-refractivity contribution in [3.05, 3.63) is 239 Å². The molecule has 8 aromatic rings. The summed E-state index contributed by atoms with van der Waals surface area (Å²) >= 11 is 0. The Kier molecular flexibility index (Phi) is 7.60. The first-order valence-corrected chi connectivity index (χ1v) is 21.5. The van der Waals surface area contributed by atoms with Crippen molar-refractivity contribution >= 4 is 22.6 Å². The lowest BCUT2D eigenvalue weighted by Crippen LogP contribution is -2.33. The van der Waals surface area contributed by atoms with Gasteiger partial charge in [-0.1, -0.05) is 185 Å². The van der Waals surface area contributed by atoms with Gasteiger partial charge in [0.25, 0.3) is 0 Å². The van der Waals surface area contributed by atoms with Gasteiger partial charge in [-0.25, -0.2) is 0 Å². The molecule has 4 aliphatic rings. The highest BCUT2D eigenvalue weighted by Crippen LogP contribution is 2.64. The van der Waals surface area contributed by atoms with E-state index in [0.29, 0.717) is 5.92 Å². The molecule has 8 aromatic carbocycles. The van der Waals surface area contributed by atoms with Crippen molar-refractivity contribution in [3.8, 4) is 44.5 Å². The summed E-state index contributed by atoms with van der Waals surface area (Å²) in [5, 5.41) is 0. The lowest BCUT2D eigenvalue weighted by molar-refractivity contribution is 0.586. The topological polar surface area (TPSA) is 3.24 Å². The predicted octanol–water partition coefficient (Wildman–Crippen LogP) is 15.5. The fraction of sp³-hybridized carbons (Fsp3) is 0.119. The molecule has 0 amide bonds. The van der Waals surface area contributed by atoms with Gasteiger partial charge in [-0.15, -0.1) is 0 Å². The Bertz CT molecular complexity index is 3040. The van der Waals surface area contributed by atoms with Crippen LogP contribution in [0.1, 0.15) is 60.6 Å². The number of rotatable bonds is 4. The van der Waals surface area contributed by atoms with Crippen molar-refractivity contribution in [2.45, 2.75) is 38.0 Å². The summed E-state index contributed by atoms with van der Waals surface area (Å²) in [6.07, 6.45) is 5.87. The smallest absolute Gasteiger partial charge is 0.0691 e. The molecule has 60 heavy (non-hydrogen) atoms. The van der Waals surface area contributed by atoms with Gasteiger partial charge in [0.2, 0.25) is 0 Å². The quantitative estimate of drug-likeness (QED) is 0.172. The molecular formula is C59H45N. The average molecular weight is 768 g/mol. The molecule has 0 aromatic heterocycles. The summed E-state index contributed by atoms with van der Waals surface area (Å²) in [5.41, 5.74) is 24.5. The molecule has 1 atom stereocenters. The monoisotopic (exact) mass is 767 g/mol. The number of fused-ring (bicyclic) bond motifs is 14. The highest BCUT2D eigenvalue weighted by atomic mass is 15.1. The highest BCUT2D eigenvalue weighted by Gasteiger charge is 2.53. The van der Waals surface area contributed by atoms with Gasteiger partial charge in [0, 0.05) is 22.5 Å². The molecule has 0 heterocycles. The van der Waals surface area contributed by atoms with E-state index in [1.807, 2.05) is 0 Å². The Balaban J connectivity index is 1.04. The molecule has 0 bridgehead atoms. The molecule has 0 radical (unpaired) electrons. The number of hydrogen-bond acceptors (Lipinski definition) is 1. The second-order valence-electron chi connectivity index (χ2n) is 17.6. The molecule has 286 valence electrons. The predicted molar refractivity (Wildman–Crippen MR) is 251 cm³/mol. The Morgan fingerprint density at radius 1 is 0.433 bits per heavy atom. The summed E-state index contributed by atoms with van der Waals surface area (Å²) < 4.78 is 0. The van der Waals surface area contributed by atoms with E-state index in [1.54, 1.807) is 0 Å². The molecule has 1 unspecified atom stereocenters. The summed E-state index contributed by atoms with van der Waals surface area (Å²) in [6.45, 7) is 7.17. The summed E-state index contributed by atoms with van der Waals surface area (Å²) in [5.74, 6) is 0.361. The number of hydrogen-bond donors (Lipinski definition) is 0. The minimum atomic E-state index is -0.442. The standard InChI is InChI=1S/C59H45N/c1-38-17-15-26-50-56-43(25-16-30-54(56)59(57(38)50)52-28-13-10-22-46(52)44-20-7-8-21-45(44)47-23-11-14-29-53(47)59)39-31-33-41(34-32-39)60(40-18-5-4-6-19-40)42-35-36-49-48-24-9-12-27-51(48)58(2,3)55(49)37-42/h4-16,18-38H,17H2,1-3H3. The van der Waals surface area contributed by atoms with Crippen LogP contribution in [-0.2, 0) is 10.8 Å². The number of nitrogens with zero attached hydrogens (tertiary/aromatic N) is 1. The van der Waals surface area contributed by atoms with Crippen LogP contribution in [-0.4, -0.2) is 0 Å². The third-order valence-electron chi connectivity index (χ3n) is 14.1. The number of para-hydroxylation sites is 1. The fourth-order valence-electron chi connectivity index (χ4n) is 11.6. The third-order valence-corrected chi connectivity index (χ3v) is 14.1. The van der Waals surface area contributed by atoms with E-state index in [1.165, 1.54) is 94.7 Å². The van der Waals surface area contributed by atoms with Gasteiger partial charge >= 0.3 is 0 Å². The van der Waals surface area contributed by atoms with Crippen molar-refractivity contribution in [2.75, 3.05) is 4.90 Å². The molecule has 0 N–H and O–H groups in total. The van der Waals surface area contributed by atoms with Gasteiger partial charge in [0.15, 0.2) is 0 Å². The number of benzene rings is 8.